The molecule has 1 fully saturated rings. The van der Waals surface area contributed by atoms with Crippen molar-refractivity contribution in [3.63, 3.8) is 0 Å². The molecule has 160 valence electrons. The average molecular weight is 449 g/mol. The standard InChI is InChI=1S/C21H23F3N2O.2ClH/c22-21(23,24)19-8-4-7-18(15-19)20(27)9-10-25-11-13-26(14-12-25)16-17-5-2-1-3-6-17;;/h1-8,15H,9-14,16H2;2*1H. The molecule has 1 saturated heterocycles. The van der Waals surface area contributed by atoms with Gasteiger partial charge in [0, 0.05) is 51.3 Å². The third-order valence-corrected chi connectivity index (χ3v) is 4.88. The average Bonchev–Trinajstić information content (AvgIpc) is 2.67. The van der Waals surface area contributed by atoms with Crippen LogP contribution in [0, 0.1) is 0 Å². The van der Waals surface area contributed by atoms with Gasteiger partial charge in [-0.15, -0.1) is 24.8 Å². The Labute approximate surface area is 181 Å². The Morgan fingerprint density at radius 3 is 2.10 bits per heavy atom. The highest BCUT2D eigenvalue weighted by atomic mass is 35.5. The van der Waals surface area contributed by atoms with Gasteiger partial charge in [0.15, 0.2) is 5.78 Å². The lowest BCUT2D eigenvalue weighted by atomic mass is 10.0. The second-order valence-electron chi connectivity index (χ2n) is 6.86. The number of ketones is 1. The summed E-state index contributed by atoms with van der Waals surface area (Å²) in [5.74, 6) is -0.243. The molecule has 0 amide bonds. The molecular formula is C21H25Cl2F3N2O. The van der Waals surface area contributed by atoms with Crippen LogP contribution in [0.1, 0.15) is 27.9 Å². The molecule has 0 atom stereocenters. The first-order chi connectivity index (χ1) is 12.9. The number of Topliss-reactive ketones (excluding diaryl/α,β-unsaturated/α-hetero) is 1. The number of halogens is 5. The largest absolute Gasteiger partial charge is 0.416 e. The van der Waals surface area contributed by atoms with Gasteiger partial charge in [0.25, 0.3) is 0 Å². The van der Waals surface area contributed by atoms with Crippen LogP contribution >= 0.6 is 24.8 Å². The Hall–Kier alpha value is -1.60. The number of piperazine rings is 1. The van der Waals surface area contributed by atoms with Crippen molar-refractivity contribution in [2.75, 3.05) is 32.7 Å². The minimum absolute atomic E-state index is 0. The summed E-state index contributed by atoms with van der Waals surface area (Å²) in [4.78, 5) is 16.8. The van der Waals surface area contributed by atoms with Crippen molar-refractivity contribution in [3.8, 4) is 0 Å². The van der Waals surface area contributed by atoms with E-state index in [-0.39, 0.29) is 42.6 Å². The van der Waals surface area contributed by atoms with Crippen LogP contribution in [0.15, 0.2) is 54.6 Å². The maximum absolute atomic E-state index is 12.8. The van der Waals surface area contributed by atoms with E-state index in [1.54, 1.807) is 0 Å². The lowest BCUT2D eigenvalue weighted by molar-refractivity contribution is -0.137. The van der Waals surface area contributed by atoms with E-state index in [9.17, 15) is 18.0 Å². The summed E-state index contributed by atoms with van der Waals surface area (Å²) in [6.45, 7) is 5.07. The van der Waals surface area contributed by atoms with Gasteiger partial charge in [-0.2, -0.15) is 13.2 Å². The topological polar surface area (TPSA) is 23.6 Å². The van der Waals surface area contributed by atoms with Gasteiger partial charge in [-0.05, 0) is 17.7 Å². The van der Waals surface area contributed by atoms with Crippen molar-refractivity contribution in [3.05, 3.63) is 71.3 Å². The quantitative estimate of drug-likeness (QED) is 0.584. The number of carbonyl (C=O) groups is 1. The van der Waals surface area contributed by atoms with Crippen molar-refractivity contribution in [2.24, 2.45) is 0 Å². The number of nitrogens with zero attached hydrogens (tertiary/aromatic N) is 2. The summed E-state index contributed by atoms with van der Waals surface area (Å²) < 4.78 is 38.3. The molecule has 0 N–H and O–H groups in total. The lowest BCUT2D eigenvalue weighted by Gasteiger charge is -2.34. The molecule has 2 aromatic carbocycles. The normalized spacial score (nSPS) is 15.3. The Morgan fingerprint density at radius 2 is 1.48 bits per heavy atom. The SMILES string of the molecule is Cl.Cl.O=C(CCN1CCN(Cc2ccccc2)CC1)c1cccc(C(F)(F)F)c1. The van der Waals surface area contributed by atoms with E-state index in [4.69, 9.17) is 0 Å². The molecule has 1 heterocycles. The highest BCUT2D eigenvalue weighted by Gasteiger charge is 2.30. The first kappa shape index (κ1) is 25.4. The molecule has 29 heavy (non-hydrogen) atoms. The maximum Gasteiger partial charge on any atom is 0.416 e. The number of rotatable bonds is 6. The van der Waals surface area contributed by atoms with Gasteiger partial charge in [-0.3, -0.25) is 9.69 Å². The van der Waals surface area contributed by atoms with Crippen molar-refractivity contribution >= 4 is 30.6 Å². The van der Waals surface area contributed by atoms with Crippen molar-refractivity contribution in [1.82, 2.24) is 9.80 Å². The fraction of sp³-hybridized carbons (Fsp3) is 0.381. The van der Waals surface area contributed by atoms with Crippen molar-refractivity contribution in [2.45, 2.75) is 19.1 Å². The molecule has 0 bridgehead atoms. The molecule has 1 aliphatic heterocycles. The molecule has 0 saturated carbocycles. The molecule has 8 heteroatoms. The lowest BCUT2D eigenvalue weighted by Crippen LogP contribution is -2.46. The first-order valence-corrected chi connectivity index (χ1v) is 9.11. The number of hydrogen-bond acceptors (Lipinski definition) is 3. The monoisotopic (exact) mass is 448 g/mol. The van der Waals surface area contributed by atoms with E-state index in [1.807, 2.05) is 18.2 Å². The smallest absolute Gasteiger partial charge is 0.300 e. The third kappa shape index (κ3) is 7.63. The summed E-state index contributed by atoms with van der Waals surface area (Å²) in [7, 11) is 0. The van der Waals surface area contributed by atoms with Gasteiger partial charge in [-0.25, -0.2) is 0 Å². The van der Waals surface area contributed by atoms with Crippen LogP contribution in [-0.4, -0.2) is 48.3 Å². The van der Waals surface area contributed by atoms with E-state index in [0.717, 1.165) is 44.9 Å². The molecule has 0 spiro atoms. The van der Waals surface area contributed by atoms with Crippen LogP contribution < -0.4 is 0 Å². The van der Waals surface area contributed by atoms with Crippen LogP contribution in [-0.2, 0) is 12.7 Å². The minimum Gasteiger partial charge on any atom is -0.300 e. The molecular weight excluding hydrogens is 424 g/mol. The van der Waals surface area contributed by atoms with E-state index in [1.165, 1.54) is 17.7 Å². The van der Waals surface area contributed by atoms with Crippen molar-refractivity contribution < 1.29 is 18.0 Å². The van der Waals surface area contributed by atoms with Crippen LogP contribution in [0.5, 0.6) is 0 Å². The highest BCUT2D eigenvalue weighted by Crippen LogP contribution is 2.29. The maximum atomic E-state index is 12.8. The van der Waals surface area contributed by atoms with Crippen LogP contribution in [0.2, 0.25) is 0 Å². The van der Waals surface area contributed by atoms with E-state index in [2.05, 4.69) is 21.9 Å². The Kier molecular flexibility index (Phi) is 10.1. The van der Waals surface area contributed by atoms with Gasteiger partial charge in [0.1, 0.15) is 0 Å². The zero-order valence-corrected chi connectivity index (χ0v) is 17.5. The van der Waals surface area contributed by atoms with Gasteiger partial charge in [0.05, 0.1) is 5.56 Å². The molecule has 0 unspecified atom stereocenters. The molecule has 2 aromatic rings. The van der Waals surface area contributed by atoms with Gasteiger partial charge in [-0.1, -0.05) is 42.5 Å². The van der Waals surface area contributed by atoms with Gasteiger partial charge >= 0.3 is 6.18 Å². The van der Waals surface area contributed by atoms with Crippen LogP contribution in [0.3, 0.4) is 0 Å². The summed E-state index contributed by atoms with van der Waals surface area (Å²) in [5, 5.41) is 0. The Morgan fingerprint density at radius 1 is 0.862 bits per heavy atom. The first-order valence-electron chi connectivity index (χ1n) is 9.11. The second kappa shape index (κ2) is 11.6. The summed E-state index contributed by atoms with van der Waals surface area (Å²) in [6, 6.07) is 15.0. The summed E-state index contributed by atoms with van der Waals surface area (Å²) in [6.07, 6.45) is -4.19. The van der Waals surface area contributed by atoms with E-state index >= 15 is 0 Å². The predicted molar refractivity (Wildman–Crippen MR) is 113 cm³/mol. The van der Waals surface area contributed by atoms with Gasteiger partial charge < -0.3 is 4.90 Å². The highest BCUT2D eigenvalue weighted by molar-refractivity contribution is 5.96. The van der Waals surface area contributed by atoms with E-state index in [0.29, 0.717) is 6.54 Å². The van der Waals surface area contributed by atoms with E-state index < -0.39 is 11.7 Å². The number of benzene rings is 2. The molecule has 1 aliphatic rings. The van der Waals surface area contributed by atoms with Gasteiger partial charge in [0.2, 0.25) is 0 Å². The molecule has 0 radical (unpaired) electrons. The predicted octanol–water partition coefficient (Wildman–Crippen LogP) is 4.94. The summed E-state index contributed by atoms with van der Waals surface area (Å²) >= 11 is 0. The third-order valence-electron chi connectivity index (χ3n) is 4.88. The fourth-order valence-electron chi connectivity index (χ4n) is 3.29. The zero-order valence-electron chi connectivity index (χ0n) is 15.9. The minimum atomic E-state index is -4.43. The number of alkyl halides is 3. The second-order valence-corrected chi connectivity index (χ2v) is 6.86. The molecule has 3 rings (SSSR count). The number of carbonyl (C=O) groups excluding carboxylic acids is 1. The Balaban J connectivity index is 0.00000210. The summed E-state index contributed by atoms with van der Waals surface area (Å²) in [5.41, 5.74) is 0.640. The molecule has 0 aliphatic carbocycles. The van der Waals surface area contributed by atoms with Crippen molar-refractivity contribution in [1.29, 1.82) is 0 Å². The molecule has 0 aromatic heterocycles. The van der Waals surface area contributed by atoms with Crippen LogP contribution in [0.4, 0.5) is 13.2 Å². The fourth-order valence-corrected chi connectivity index (χ4v) is 3.29. The molecule has 3 nitrogen and oxygen atoms in total. The Bertz CT molecular complexity index is 764. The van der Waals surface area contributed by atoms with Crippen LogP contribution in [0.25, 0.3) is 0 Å². The number of hydrogen-bond donors (Lipinski definition) is 0. The zero-order chi connectivity index (χ0) is 19.3.